The number of aromatic nitrogens is 1. The summed E-state index contributed by atoms with van der Waals surface area (Å²) in [7, 11) is 0. The first kappa shape index (κ1) is 15.5. The minimum atomic E-state index is -0.263. The lowest BCUT2D eigenvalue weighted by atomic mass is 9.80. The van der Waals surface area contributed by atoms with Crippen molar-refractivity contribution in [1.82, 2.24) is 10.1 Å². The van der Waals surface area contributed by atoms with Crippen molar-refractivity contribution in [3.8, 4) is 0 Å². The minimum Gasteiger partial charge on any atom is -0.393 e. The average molecular weight is 306 g/mol. The molecule has 3 unspecified atom stereocenters. The summed E-state index contributed by atoms with van der Waals surface area (Å²) in [6.45, 7) is 4.57. The van der Waals surface area contributed by atoms with Crippen LogP contribution in [0.3, 0.4) is 0 Å². The second kappa shape index (κ2) is 6.41. The van der Waals surface area contributed by atoms with Crippen LogP contribution in [0.15, 0.2) is 4.52 Å². The van der Waals surface area contributed by atoms with Crippen LogP contribution in [0.1, 0.15) is 67.3 Å². The zero-order chi connectivity index (χ0) is 15.7. The average Bonchev–Trinajstić information content (AvgIpc) is 3.13. The maximum atomic E-state index is 13.0. The van der Waals surface area contributed by atoms with E-state index >= 15 is 0 Å². The maximum absolute atomic E-state index is 13.0. The summed E-state index contributed by atoms with van der Waals surface area (Å²) >= 11 is 0. The topological polar surface area (TPSA) is 66.6 Å². The van der Waals surface area contributed by atoms with Gasteiger partial charge in [-0.2, -0.15) is 0 Å². The molecule has 1 aromatic rings. The van der Waals surface area contributed by atoms with E-state index < -0.39 is 0 Å². The Bertz CT molecular complexity index is 540. The third-order valence-electron chi connectivity index (χ3n) is 5.32. The van der Waals surface area contributed by atoms with Crippen molar-refractivity contribution >= 4 is 5.91 Å². The maximum Gasteiger partial charge on any atom is 0.259 e. The van der Waals surface area contributed by atoms with E-state index in [-0.39, 0.29) is 24.0 Å². The third kappa shape index (κ3) is 2.67. The van der Waals surface area contributed by atoms with Crippen LogP contribution in [-0.4, -0.2) is 39.8 Å². The number of likely N-dealkylation sites (tertiary alicyclic amines) is 1. The quantitative estimate of drug-likeness (QED) is 0.932. The fourth-order valence-corrected chi connectivity index (χ4v) is 4.16. The molecule has 5 heteroatoms. The van der Waals surface area contributed by atoms with Crippen molar-refractivity contribution in [2.45, 2.75) is 70.9 Å². The van der Waals surface area contributed by atoms with Gasteiger partial charge in [0.2, 0.25) is 0 Å². The number of carbonyl (C=O) groups excluding carboxylic acids is 1. The van der Waals surface area contributed by atoms with Gasteiger partial charge in [-0.1, -0.05) is 24.9 Å². The van der Waals surface area contributed by atoms with Crippen LogP contribution in [0.5, 0.6) is 0 Å². The highest BCUT2D eigenvalue weighted by Crippen LogP contribution is 2.35. The van der Waals surface area contributed by atoms with Crippen LogP contribution in [0.25, 0.3) is 0 Å². The van der Waals surface area contributed by atoms with Crippen LogP contribution >= 0.6 is 0 Å². The summed E-state index contributed by atoms with van der Waals surface area (Å²) in [5.41, 5.74) is 1.39. The Labute approximate surface area is 131 Å². The van der Waals surface area contributed by atoms with Crippen molar-refractivity contribution in [2.24, 2.45) is 5.92 Å². The largest absolute Gasteiger partial charge is 0.393 e. The molecule has 1 saturated carbocycles. The van der Waals surface area contributed by atoms with E-state index in [0.717, 1.165) is 50.8 Å². The van der Waals surface area contributed by atoms with E-state index in [4.69, 9.17) is 4.52 Å². The van der Waals surface area contributed by atoms with Gasteiger partial charge in [0, 0.05) is 18.5 Å². The third-order valence-corrected chi connectivity index (χ3v) is 5.32. The van der Waals surface area contributed by atoms with Gasteiger partial charge in [-0.25, -0.2) is 0 Å². The molecule has 0 bridgehead atoms. The van der Waals surface area contributed by atoms with Gasteiger partial charge in [-0.3, -0.25) is 4.79 Å². The first-order valence-electron chi connectivity index (χ1n) is 8.57. The van der Waals surface area contributed by atoms with Crippen molar-refractivity contribution < 1.29 is 14.4 Å². The van der Waals surface area contributed by atoms with Crippen LogP contribution < -0.4 is 0 Å². The number of amides is 1. The molecule has 3 atom stereocenters. The monoisotopic (exact) mass is 306 g/mol. The van der Waals surface area contributed by atoms with Gasteiger partial charge < -0.3 is 14.5 Å². The molecule has 0 aromatic carbocycles. The molecule has 0 spiro atoms. The van der Waals surface area contributed by atoms with Gasteiger partial charge in [0.05, 0.1) is 11.8 Å². The molecular formula is C17H26N2O3. The number of hydrogen-bond donors (Lipinski definition) is 1. The Hall–Kier alpha value is -1.36. The lowest BCUT2D eigenvalue weighted by Gasteiger charge is -2.37. The lowest BCUT2D eigenvalue weighted by Crippen LogP contribution is -2.45. The Balaban J connectivity index is 1.83. The van der Waals surface area contributed by atoms with Crippen molar-refractivity contribution in [3.05, 3.63) is 17.0 Å². The highest BCUT2D eigenvalue weighted by Gasteiger charge is 2.40. The summed E-state index contributed by atoms with van der Waals surface area (Å²) in [5, 5.41) is 14.4. The molecule has 1 aliphatic heterocycles. The van der Waals surface area contributed by atoms with E-state index in [0.29, 0.717) is 17.7 Å². The summed E-state index contributed by atoms with van der Waals surface area (Å²) in [6, 6.07) is 0.168. The molecule has 1 aromatic heterocycles. The summed E-state index contributed by atoms with van der Waals surface area (Å²) < 4.78 is 5.22. The predicted molar refractivity (Wildman–Crippen MR) is 82.6 cm³/mol. The molecule has 1 amide bonds. The molecule has 2 heterocycles. The highest BCUT2D eigenvalue weighted by molar-refractivity contribution is 5.96. The Morgan fingerprint density at radius 1 is 1.32 bits per heavy atom. The normalized spacial score (nSPS) is 29.0. The molecule has 22 heavy (non-hydrogen) atoms. The fraction of sp³-hybridized carbons (Fsp3) is 0.765. The summed E-state index contributed by atoms with van der Waals surface area (Å²) in [6.07, 6.45) is 6.61. The van der Waals surface area contributed by atoms with Crippen LogP contribution in [0.4, 0.5) is 0 Å². The van der Waals surface area contributed by atoms with Gasteiger partial charge in [-0.15, -0.1) is 0 Å². The number of rotatable bonds is 3. The number of aliphatic hydroxyl groups excluding tert-OH is 1. The van der Waals surface area contributed by atoms with E-state index in [2.05, 4.69) is 5.16 Å². The molecular weight excluding hydrogens is 280 g/mol. The molecule has 2 fully saturated rings. The van der Waals surface area contributed by atoms with E-state index in [9.17, 15) is 9.90 Å². The number of aryl methyl sites for hydroxylation is 2. The summed E-state index contributed by atoms with van der Waals surface area (Å²) in [4.78, 5) is 15.0. The zero-order valence-corrected chi connectivity index (χ0v) is 13.5. The Morgan fingerprint density at radius 2 is 2.09 bits per heavy atom. The van der Waals surface area contributed by atoms with Gasteiger partial charge in [-0.05, 0) is 39.0 Å². The molecule has 3 rings (SSSR count). The van der Waals surface area contributed by atoms with Crippen LogP contribution in [0, 0.1) is 12.8 Å². The van der Waals surface area contributed by atoms with Crippen molar-refractivity contribution in [3.63, 3.8) is 0 Å². The van der Waals surface area contributed by atoms with E-state index in [1.165, 1.54) is 0 Å². The molecule has 1 N–H and O–H groups in total. The standard InChI is InChI=1S/C17H26N2O3/c1-3-13-16(11(2)22-18-13)17(21)19-10-6-8-14(19)12-7-4-5-9-15(12)20/h12,14-15,20H,3-10H2,1-2H3. The minimum absolute atomic E-state index is 0.0378. The van der Waals surface area contributed by atoms with Gasteiger partial charge in [0.15, 0.2) is 0 Å². The second-order valence-electron chi connectivity index (χ2n) is 6.64. The molecule has 122 valence electrons. The summed E-state index contributed by atoms with van der Waals surface area (Å²) in [5.74, 6) is 0.873. The smallest absolute Gasteiger partial charge is 0.259 e. The van der Waals surface area contributed by atoms with Gasteiger partial charge in [0.25, 0.3) is 5.91 Å². The number of nitrogens with zero attached hydrogens (tertiary/aromatic N) is 2. The molecule has 1 saturated heterocycles. The Kier molecular flexibility index (Phi) is 4.52. The van der Waals surface area contributed by atoms with Crippen molar-refractivity contribution in [1.29, 1.82) is 0 Å². The van der Waals surface area contributed by atoms with E-state index in [1.807, 2.05) is 11.8 Å². The van der Waals surface area contributed by atoms with Gasteiger partial charge in [0.1, 0.15) is 11.3 Å². The molecule has 0 radical (unpaired) electrons. The second-order valence-corrected chi connectivity index (χ2v) is 6.64. The highest BCUT2D eigenvalue weighted by atomic mass is 16.5. The first-order chi connectivity index (χ1) is 10.6. The zero-order valence-electron chi connectivity index (χ0n) is 13.5. The van der Waals surface area contributed by atoms with Gasteiger partial charge >= 0.3 is 0 Å². The molecule has 2 aliphatic rings. The van der Waals surface area contributed by atoms with Crippen molar-refractivity contribution in [2.75, 3.05) is 6.54 Å². The first-order valence-corrected chi connectivity index (χ1v) is 8.57. The Morgan fingerprint density at radius 3 is 2.82 bits per heavy atom. The predicted octanol–water partition coefficient (Wildman–Crippen LogP) is 2.70. The fourth-order valence-electron chi connectivity index (χ4n) is 4.16. The SMILES string of the molecule is CCc1noc(C)c1C(=O)N1CCCC1C1CCCCC1O. The van der Waals surface area contributed by atoms with Crippen LogP contribution in [0.2, 0.25) is 0 Å². The number of hydrogen-bond acceptors (Lipinski definition) is 4. The molecule has 1 aliphatic carbocycles. The van der Waals surface area contributed by atoms with E-state index in [1.54, 1.807) is 6.92 Å². The lowest BCUT2D eigenvalue weighted by molar-refractivity contribution is 0.0211. The van der Waals surface area contributed by atoms with Crippen LogP contribution in [-0.2, 0) is 6.42 Å². The molecule has 5 nitrogen and oxygen atoms in total. The number of carbonyl (C=O) groups is 1. The number of aliphatic hydroxyl groups is 1.